The largest absolute Gasteiger partial charge is 0.351 e. The zero-order valence-electron chi connectivity index (χ0n) is 12.1. The number of likely N-dealkylation sites (N-methyl/N-ethyl adjacent to an activating group) is 1. The molecule has 0 bridgehead atoms. The summed E-state index contributed by atoms with van der Waals surface area (Å²) in [4.78, 5) is 17.6. The van der Waals surface area contributed by atoms with Crippen LogP contribution < -0.4 is 5.32 Å². The van der Waals surface area contributed by atoms with Gasteiger partial charge in [-0.2, -0.15) is 0 Å². The van der Waals surface area contributed by atoms with Gasteiger partial charge in [0.05, 0.1) is 8.66 Å². The first kappa shape index (κ1) is 15.9. The molecule has 1 aliphatic heterocycles. The van der Waals surface area contributed by atoms with Gasteiger partial charge in [0.1, 0.15) is 0 Å². The zero-order chi connectivity index (χ0) is 14.5. The smallest absolute Gasteiger partial charge is 0.261 e. The van der Waals surface area contributed by atoms with Crippen molar-refractivity contribution < 1.29 is 4.79 Å². The van der Waals surface area contributed by atoms with Gasteiger partial charge in [-0.1, -0.05) is 0 Å². The molecule has 112 valence electrons. The van der Waals surface area contributed by atoms with E-state index in [1.165, 1.54) is 11.3 Å². The number of nitrogens with one attached hydrogen (secondary N) is 1. The van der Waals surface area contributed by atoms with Crippen molar-refractivity contribution in [2.45, 2.75) is 13.3 Å². The first-order valence-electron chi connectivity index (χ1n) is 7.01. The average molecular weight is 360 g/mol. The number of thiophene rings is 1. The number of hydrogen-bond acceptors (Lipinski definition) is 4. The van der Waals surface area contributed by atoms with E-state index >= 15 is 0 Å². The zero-order valence-corrected chi connectivity index (χ0v) is 14.5. The summed E-state index contributed by atoms with van der Waals surface area (Å²) < 4.78 is 1.04. The summed E-state index contributed by atoms with van der Waals surface area (Å²) >= 11 is 4.95. The van der Waals surface area contributed by atoms with Crippen LogP contribution in [0.4, 0.5) is 0 Å². The van der Waals surface area contributed by atoms with E-state index in [-0.39, 0.29) is 5.91 Å². The lowest BCUT2D eigenvalue weighted by Crippen LogP contribution is -2.45. The van der Waals surface area contributed by atoms with Crippen LogP contribution in [0.3, 0.4) is 0 Å². The normalized spacial score (nSPS) is 17.4. The highest BCUT2D eigenvalue weighted by atomic mass is 79.9. The predicted molar refractivity (Wildman–Crippen MR) is 87.6 cm³/mol. The average Bonchev–Trinajstić information content (AvgIpc) is 2.77. The van der Waals surface area contributed by atoms with Gasteiger partial charge in [0.25, 0.3) is 5.91 Å². The number of carbonyl (C=O) groups excluding carboxylic acids is 1. The fraction of sp³-hybridized carbons (Fsp3) is 0.643. The third-order valence-corrected chi connectivity index (χ3v) is 5.75. The number of carbonyl (C=O) groups is 1. The highest BCUT2D eigenvalue weighted by Gasteiger charge is 2.14. The van der Waals surface area contributed by atoms with Crippen LogP contribution in [-0.4, -0.2) is 62.0 Å². The maximum atomic E-state index is 12.0. The molecule has 20 heavy (non-hydrogen) atoms. The van der Waals surface area contributed by atoms with Crippen LogP contribution in [0.25, 0.3) is 0 Å². The summed E-state index contributed by atoms with van der Waals surface area (Å²) in [5.74, 6) is 0.0437. The number of amides is 1. The molecular formula is C14H22BrN3OS. The molecule has 1 saturated heterocycles. The van der Waals surface area contributed by atoms with Gasteiger partial charge < -0.3 is 15.1 Å². The van der Waals surface area contributed by atoms with E-state index in [2.05, 4.69) is 38.1 Å². The lowest BCUT2D eigenvalue weighted by molar-refractivity contribution is 0.0953. The van der Waals surface area contributed by atoms with E-state index < -0.39 is 0 Å². The van der Waals surface area contributed by atoms with Gasteiger partial charge in [0, 0.05) is 32.7 Å². The third kappa shape index (κ3) is 4.55. The maximum Gasteiger partial charge on any atom is 0.261 e. The van der Waals surface area contributed by atoms with Crippen LogP contribution >= 0.6 is 27.3 Å². The third-order valence-electron chi connectivity index (χ3n) is 3.61. The van der Waals surface area contributed by atoms with E-state index in [0.717, 1.165) is 59.9 Å². The highest BCUT2D eigenvalue weighted by Crippen LogP contribution is 2.27. The molecule has 0 spiro atoms. The minimum atomic E-state index is 0.0437. The van der Waals surface area contributed by atoms with Crippen molar-refractivity contribution in [2.75, 3.05) is 46.3 Å². The first-order chi connectivity index (χ1) is 9.56. The number of halogens is 1. The highest BCUT2D eigenvalue weighted by molar-refractivity contribution is 9.11. The van der Waals surface area contributed by atoms with E-state index in [4.69, 9.17) is 0 Å². The van der Waals surface area contributed by atoms with E-state index in [1.807, 2.05) is 13.0 Å². The summed E-state index contributed by atoms with van der Waals surface area (Å²) in [6.07, 6.45) is 1.01. The fourth-order valence-electron chi connectivity index (χ4n) is 2.23. The van der Waals surface area contributed by atoms with Gasteiger partial charge in [-0.05, 0) is 54.5 Å². The van der Waals surface area contributed by atoms with Crippen LogP contribution in [0.2, 0.25) is 0 Å². The predicted octanol–water partition coefficient (Wildman–Crippen LogP) is 2.19. The minimum absolute atomic E-state index is 0.0437. The van der Waals surface area contributed by atoms with Crippen LogP contribution in [0.1, 0.15) is 21.7 Å². The molecule has 2 heterocycles. The van der Waals surface area contributed by atoms with Crippen LogP contribution in [0.15, 0.2) is 9.85 Å². The van der Waals surface area contributed by atoms with E-state index in [9.17, 15) is 4.79 Å². The Kier molecular flexibility index (Phi) is 6.01. The van der Waals surface area contributed by atoms with Crippen molar-refractivity contribution in [3.63, 3.8) is 0 Å². The molecule has 0 radical (unpaired) electrons. The molecule has 2 rings (SSSR count). The summed E-state index contributed by atoms with van der Waals surface area (Å²) in [6.45, 7) is 8.40. The number of aryl methyl sites for hydroxylation is 1. The Morgan fingerprint density at radius 3 is 2.70 bits per heavy atom. The lowest BCUT2D eigenvalue weighted by Gasteiger charge is -2.32. The second-order valence-corrected chi connectivity index (χ2v) is 7.69. The summed E-state index contributed by atoms with van der Waals surface area (Å²) in [5, 5.41) is 3.00. The van der Waals surface area contributed by atoms with Gasteiger partial charge in [0.15, 0.2) is 0 Å². The fourth-order valence-corrected chi connectivity index (χ4v) is 3.69. The Balaban J connectivity index is 1.64. The SMILES string of the molecule is Cc1cc(C(=O)NCCCN2CCN(C)CC2)sc1Br. The van der Waals surface area contributed by atoms with Crippen LogP contribution in [-0.2, 0) is 0 Å². The Hall–Kier alpha value is -0.430. The summed E-state index contributed by atoms with van der Waals surface area (Å²) in [7, 11) is 2.17. The van der Waals surface area contributed by atoms with Gasteiger partial charge in [-0.3, -0.25) is 4.79 Å². The standard InChI is InChI=1S/C14H22BrN3OS/c1-11-10-12(20-13(11)15)14(19)16-4-3-5-18-8-6-17(2)7-9-18/h10H,3-9H2,1-2H3,(H,16,19). The van der Waals surface area contributed by atoms with Gasteiger partial charge >= 0.3 is 0 Å². The van der Waals surface area contributed by atoms with E-state index in [0.29, 0.717) is 0 Å². The molecule has 0 aliphatic carbocycles. The van der Waals surface area contributed by atoms with Crippen LogP contribution in [0.5, 0.6) is 0 Å². The molecule has 4 nitrogen and oxygen atoms in total. The molecule has 1 N–H and O–H groups in total. The molecular weight excluding hydrogens is 338 g/mol. The van der Waals surface area contributed by atoms with Crippen molar-refractivity contribution in [2.24, 2.45) is 0 Å². The van der Waals surface area contributed by atoms with Crippen molar-refractivity contribution in [1.29, 1.82) is 0 Å². The second-order valence-electron chi connectivity index (χ2n) is 5.32. The Morgan fingerprint density at radius 2 is 2.10 bits per heavy atom. The summed E-state index contributed by atoms with van der Waals surface area (Å²) in [6, 6.07) is 1.94. The minimum Gasteiger partial charge on any atom is -0.351 e. The molecule has 1 aromatic rings. The quantitative estimate of drug-likeness (QED) is 0.818. The second kappa shape index (κ2) is 7.54. The van der Waals surface area contributed by atoms with Crippen molar-refractivity contribution >= 4 is 33.2 Å². The summed E-state index contributed by atoms with van der Waals surface area (Å²) in [5.41, 5.74) is 1.12. The molecule has 6 heteroatoms. The van der Waals surface area contributed by atoms with E-state index in [1.54, 1.807) is 0 Å². The Bertz CT molecular complexity index is 436. The number of rotatable bonds is 5. The molecule has 1 aromatic heterocycles. The number of piperazine rings is 1. The Morgan fingerprint density at radius 1 is 1.40 bits per heavy atom. The maximum absolute atomic E-state index is 12.0. The van der Waals surface area contributed by atoms with Gasteiger partial charge in [-0.25, -0.2) is 0 Å². The number of hydrogen-bond donors (Lipinski definition) is 1. The van der Waals surface area contributed by atoms with Crippen molar-refractivity contribution in [1.82, 2.24) is 15.1 Å². The monoisotopic (exact) mass is 359 g/mol. The Labute approximate surface area is 133 Å². The topological polar surface area (TPSA) is 35.6 Å². The number of nitrogens with zero attached hydrogens (tertiary/aromatic N) is 2. The van der Waals surface area contributed by atoms with Crippen LogP contribution in [0, 0.1) is 6.92 Å². The van der Waals surface area contributed by atoms with Crippen molar-refractivity contribution in [3.8, 4) is 0 Å². The molecule has 1 aliphatic rings. The van der Waals surface area contributed by atoms with Gasteiger partial charge in [0.2, 0.25) is 0 Å². The molecule has 0 unspecified atom stereocenters. The molecule has 0 atom stereocenters. The molecule has 1 amide bonds. The lowest BCUT2D eigenvalue weighted by atomic mass is 10.3. The molecule has 0 aromatic carbocycles. The molecule has 0 saturated carbocycles. The van der Waals surface area contributed by atoms with Gasteiger partial charge in [-0.15, -0.1) is 11.3 Å². The first-order valence-corrected chi connectivity index (χ1v) is 8.62. The molecule has 1 fully saturated rings. The van der Waals surface area contributed by atoms with Crippen molar-refractivity contribution in [3.05, 3.63) is 20.3 Å².